The van der Waals surface area contributed by atoms with Crippen molar-refractivity contribution in [3.8, 4) is 0 Å². The fourth-order valence-corrected chi connectivity index (χ4v) is 2.96. The summed E-state index contributed by atoms with van der Waals surface area (Å²) in [6.07, 6.45) is 9.27. The first-order valence-electron chi connectivity index (χ1n) is 7.22. The van der Waals surface area contributed by atoms with Crippen LogP contribution < -0.4 is 0 Å². The first-order valence-corrected chi connectivity index (χ1v) is 7.22. The molecule has 1 saturated carbocycles. The van der Waals surface area contributed by atoms with E-state index in [1.165, 1.54) is 19.3 Å². The van der Waals surface area contributed by atoms with E-state index in [4.69, 9.17) is 0 Å². The van der Waals surface area contributed by atoms with Gasteiger partial charge in [0.2, 0.25) is 0 Å². The molecule has 2 rings (SSSR count). The molecular formula is C16H23NO. The maximum atomic E-state index is 12.2. The van der Waals surface area contributed by atoms with E-state index in [9.17, 15) is 4.79 Å². The van der Waals surface area contributed by atoms with Crippen LogP contribution in [0.1, 0.15) is 51.1 Å². The van der Waals surface area contributed by atoms with E-state index < -0.39 is 0 Å². The molecule has 1 aliphatic rings. The number of carbonyl (C=O) groups is 1. The number of hydrogen-bond donors (Lipinski definition) is 0. The summed E-state index contributed by atoms with van der Waals surface area (Å²) < 4.78 is 0. The zero-order valence-corrected chi connectivity index (χ0v) is 11.3. The van der Waals surface area contributed by atoms with Gasteiger partial charge in [-0.3, -0.25) is 9.78 Å². The molecule has 0 spiro atoms. The Hall–Kier alpha value is -1.18. The molecule has 1 fully saturated rings. The van der Waals surface area contributed by atoms with Crippen LogP contribution in [-0.2, 0) is 11.2 Å². The summed E-state index contributed by atoms with van der Waals surface area (Å²) in [5.41, 5.74) is 1.04. The summed E-state index contributed by atoms with van der Waals surface area (Å²) in [5, 5.41) is 0. The highest BCUT2D eigenvalue weighted by Gasteiger charge is 2.25. The van der Waals surface area contributed by atoms with Gasteiger partial charge in [-0.15, -0.1) is 0 Å². The molecule has 98 valence electrons. The molecule has 0 saturated heterocycles. The van der Waals surface area contributed by atoms with E-state index >= 15 is 0 Å². The molecule has 0 radical (unpaired) electrons. The van der Waals surface area contributed by atoms with Crippen LogP contribution in [0.5, 0.6) is 0 Å². The third-order valence-corrected chi connectivity index (χ3v) is 4.17. The molecule has 1 aromatic rings. The summed E-state index contributed by atoms with van der Waals surface area (Å²) in [6, 6.07) is 5.90. The van der Waals surface area contributed by atoms with E-state index in [1.54, 1.807) is 6.20 Å². The smallest absolute Gasteiger partial charge is 0.136 e. The lowest BCUT2D eigenvalue weighted by Gasteiger charge is -2.27. The van der Waals surface area contributed by atoms with Crippen molar-refractivity contribution in [3.63, 3.8) is 0 Å². The van der Waals surface area contributed by atoms with Crippen molar-refractivity contribution in [2.24, 2.45) is 11.8 Å². The van der Waals surface area contributed by atoms with Crippen LogP contribution >= 0.6 is 0 Å². The van der Waals surface area contributed by atoms with Gasteiger partial charge in [0, 0.05) is 24.2 Å². The van der Waals surface area contributed by atoms with E-state index in [-0.39, 0.29) is 0 Å². The fraction of sp³-hybridized carbons (Fsp3) is 0.625. The van der Waals surface area contributed by atoms with Crippen LogP contribution in [0.4, 0.5) is 0 Å². The number of aromatic nitrogens is 1. The lowest BCUT2D eigenvalue weighted by Crippen LogP contribution is -2.23. The maximum Gasteiger partial charge on any atom is 0.136 e. The summed E-state index contributed by atoms with van der Waals surface area (Å²) in [5.74, 6) is 1.56. The molecular weight excluding hydrogens is 222 g/mol. The predicted octanol–water partition coefficient (Wildman–Crippen LogP) is 3.80. The van der Waals surface area contributed by atoms with Crippen LogP contribution in [0.2, 0.25) is 0 Å². The van der Waals surface area contributed by atoms with Crippen molar-refractivity contribution in [1.82, 2.24) is 4.98 Å². The molecule has 0 bridgehead atoms. The standard InChI is InChI=1S/C16H23NO/c1-2-13-6-5-7-14(12-13)16(18)10-9-15-8-3-4-11-17-15/h3-4,8,11,13-14H,2,5-7,9-10,12H2,1H3. The van der Waals surface area contributed by atoms with E-state index in [0.29, 0.717) is 18.1 Å². The largest absolute Gasteiger partial charge is 0.299 e. The quantitative estimate of drug-likeness (QED) is 0.789. The van der Waals surface area contributed by atoms with E-state index in [2.05, 4.69) is 11.9 Å². The van der Waals surface area contributed by atoms with Crippen molar-refractivity contribution in [2.75, 3.05) is 0 Å². The minimum atomic E-state index is 0.326. The molecule has 1 aromatic heterocycles. The van der Waals surface area contributed by atoms with E-state index in [1.807, 2.05) is 18.2 Å². The Morgan fingerprint density at radius 2 is 2.28 bits per heavy atom. The molecule has 0 aliphatic heterocycles. The lowest BCUT2D eigenvalue weighted by molar-refractivity contribution is -0.124. The zero-order valence-electron chi connectivity index (χ0n) is 11.3. The third-order valence-electron chi connectivity index (χ3n) is 4.17. The Balaban J connectivity index is 1.81. The van der Waals surface area contributed by atoms with Gasteiger partial charge in [-0.1, -0.05) is 32.3 Å². The highest BCUT2D eigenvalue weighted by Crippen LogP contribution is 2.32. The summed E-state index contributed by atoms with van der Waals surface area (Å²) >= 11 is 0. The third kappa shape index (κ3) is 3.66. The summed E-state index contributed by atoms with van der Waals surface area (Å²) in [7, 11) is 0. The van der Waals surface area contributed by atoms with Crippen molar-refractivity contribution in [2.45, 2.75) is 51.9 Å². The van der Waals surface area contributed by atoms with Crippen LogP contribution in [0.3, 0.4) is 0 Å². The minimum Gasteiger partial charge on any atom is -0.299 e. The molecule has 2 heteroatoms. The topological polar surface area (TPSA) is 30.0 Å². The summed E-state index contributed by atoms with van der Waals surface area (Å²) in [6.45, 7) is 2.24. The summed E-state index contributed by atoms with van der Waals surface area (Å²) in [4.78, 5) is 16.5. The maximum absolute atomic E-state index is 12.2. The van der Waals surface area contributed by atoms with E-state index in [0.717, 1.165) is 30.9 Å². The number of ketones is 1. The van der Waals surface area contributed by atoms with Crippen LogP contribution in [0.15, 0.2) is 24.4 Å². The average molecular weight is 245 g/mol. The highest BCUT2D eigenvalue weighted by molar-refractivity contribution is 5.81. The van der Waals surface area contributed by atoms with Crippen LogP contribution in [0.25, 0.3) is 0 Å². The average Bonchev–Trinajstić information content (AvgIpc) is 2.46. The Morgan fingerprint density at radius 3 is 3.00 bits per heavy atom. The number of rotatable bonds is 5. The van der Waals surface area contributed by atoms with Gasteiger partial charge in [-0.25, -0.2) is 0 Å². The lowest BCUT2D eigenvalue weighted by atomic mass is 9.77. The van der Waals surface area contributed by atoms with Crippen molar-refractivity contribution in [1.29, 1.82) is 0 Å². The molecule has 1 aliphatic carbocycles. The van der Waals surface area contributed by atoms with Crippen LogP contribution in [-0.4, -0.2) is 10.8 Å². The van der Waals surface area contributed by atoms with Gasteiger partial charge in [0.05, 0.1) is 0 Å². The van der Waals surface area contributed by atoms with Gasteiger partial charge >= 0.3 is 0 Å². The van der Waals surface area contributed by atoms with Crippen molar-refractivity contribution >= 4 is 5.78 Å². The Kier molecular flexibility index (Phi) is 4.91. The SMILES string of the molecule is CCC1CCCC(C(=O)CCc2ccccn2)C1. The zero-order chi connectivity index (χ0) is 12.8. The number of aryl methyl sites for hydroxylation is 1. The molecule has 2 unspecified atom stereocenters. The molecule has 0 amide bonds. The Bertz CT molecular complexity index is 374. The first-order chi connectivity index (χ1) is 8.79. The molecule has 2 atom stereocenters. The van der Waals surface area contributed by atoms with Gasteiger partial charge < -0.3 is 0 Å². The molecule has 1 heterocycles. The molecule has 18 heavy (non-hydrogen) atoms. The second-order valence-electron chi connectivity index (χ2n) is 5.43. The molecule has 0 aromatic carbocycles. The molecule has 0 N–H and O–H groups in total. The van der Waals surface area contributed by atoms with Crippen molar-refractivity contribution in [3.05, 3.63) is 30.1 Å². The predicted molar refractivity (Wildman–Crippen MR) is 73.3 cm³/mol. The van der Waals surface area contributed by atoms with Crippen molar-refractivity contribution < 1.29 is 4.79 Å². The normalized spacial score (nSPS) is 23.8. The first kappa shape index (κ1) is 13.3. The van der Waals surface area contributed by atoms with Gasteiger partial charge in [0.15, 0.2) is 0 Å². The van der Waals surface area contributed by atoms with Gasteiger partial charge in [0.1, 0.15) is 5.78 Å². The minimum absolute atomic E-state index is 0.326. The highest BCUT2D eigenvalue weighted by atomic mass is 16.1. The number of Topliss-reactive ketones (excluding diaryl/α,β-unsaturated/α-hetero) is 1. The van der Waals surface area contributed by atoms with Gasteiger partial charge in [-0.05, 0) is 37.3 Å². The number of nitrogens with zero attached hydrogens (tertiary/aromatic N) is 1. The Labute approximate surface area is 110 Å². The van der Waals surface area contributed by atoms with Gasteiger partial charge in [-0.2, -0.15) is 0 Å². The number of carbonyl (C=O) groups excluding carboxylic acids is 1. The fourth-order valence-electron chi connectivity index (χ4n) is 2.96. The molecule has 2 nitrogen and oxygen atoms in total. The van der Waals surface area contributed by atoms with Crippen LogP contribution in [0, 0.1) is 11.8 Å². The van der Waals surface area contributed by atoms with Gasteiger partial charge in [0.25, 0.3) is 0 Å². The second kappa shape index (κ2) is 6.67. The second-order valence-corrected chi connectivity index (χ2v) is 5.43. The number of pyridine rings is 1. The number of hydrogen-bond acceptors (Lipinski definition) is 2. The monoisotopic (exact) mass is 245 g/mol. The Morgan fingerprint density at radius 1 is 1.39 bits per heavy atom.